The number of ether oxygens (including phenoxy) is 1. The summed E-state index contributed by atoms with van der Waals surface area (Å²) in [5.74, 6) is 0. The Morgan fingerprint density at radius 3 is 3.05 bits per heavy atom. The minimum atomic E-state index is 0.812. The number of pyridine rings is 1. The Bertz CT molecular complexity index is 580. The molecule has 0 bridgehead atoms. The van der Waals surface area contributed by atoms with E-state index in [9.17, 15) is 0 Å². The Balaban J connectivity index is 1.95. The third-order valence-corrected chi connectivity index (χ3v) is 3.83. The van der Waals surface area contributed by atoms with Crippen LogP contribution in [0.25, 0.3) is 10.9 Å². The molecule has 3 rings (SSSR count). The van der Waals surface area contributed by atoms with Gasteiger partial charge in [-0.1, -0.05) is 12.1 Å². The van der Waals surface area contributed by atoms with Gasteiger partial charge in [-0.05, 0) is 25.3 Å². The zero-order valence-electron chi connectivity index (χ0n) is 11.5. The molecule has 0 aliphatic heterocycles. The van der Waals surface area contributed by atoms with Gasteiger partial charge < -0.3 is 10.1 Å². The quantitative estimate of drug-likeness (QED) is 0.836. The average molecular weight is 257 g/mol. The van der Waals surface area contributed by atoms with Crippen molar-refractivity contribution in [1.82, 2.24) is 0 Å². The topological polar surface area (TPSA) is 35.4 Å². The number of aryl methyl sites for hydroxylation is 1. The van der Waals surface area contributed by atoms with Crippen LogP contribution in [0.15, 0.2) is 24.3 Å². The number of aromatic amines is 1. The maximum atomic E-state index is 5.11. The van der Waals surface area contributed by atoms with Gasteiger partial charge in [-0.2, -0.15) is 0 Å². The van der Waals surface area contributed by atoms with Gasteiger partial charge in [-0.15, -0.1) is 0 Å². The van der Waals surface area contributed by atoms with Gasteiger partial charge in [0, 0.05) is 38.3 Å². The van der Waals surface area contributed by atoms with E-state index in [-0.39, 0.29) is 0 Å². The fourth-order valence-electron chi connectivity index (χ4n) is 2.92. The number of anilines is 1. The number of rotatable bonds is 5. The number of nitrogens with one attached hydrogen (secondary N) is 2. The third kappa shape index (κ3) is 2.43. The number of para-hydroxylation sites is 1. The molecule has 0 saturated heterocycles. The van der Waals surface area contributed by atoms with E-state index in [0.29, 0.717) is 0 Å². The lowest BCUT2D eigenvalue weighted by Crippen LogP contribution is -2.15. The van der Waals surface area contributed by atoms with Crippen molar-refractivity contribution in [2.24, 2.45) is 0 Å². The van der Waals surface area contributed by atoms with Crippen molar-refractivity contribution in [3.63, 3.8) is 0 Å². The van der Waals surface area contributed by atoms with Crippen LogP contribution in [0, 0.1) is 0 Å². The molecule has 1 heterocycles. The molecule has 0 saturated carbocycles. The normalized spacial score (nSPS) is 13.7. The molecule has 0 amide bonds. The van der Waals surface area contributed by atoms with E-state index >= 15 is 0 Å². The Morgan fingerprint density at radius 2 is 2.16 bits per heavy atom. The zero-order valence-corrected chi connectivity index (χ0v) is 11.5. The maximum absolute atomic E-state index is 5.11. The Hall–Kier alpha value is -1.61. The summed E-state index contributed by atoms with van der Waals surface area (Å²) >= 11 is 0. The van der Waals surface area contributed by atoms with Crippen LogP contribution >= 0.6 is 0 Å². The highest BCUT2D eigenvalue weighted by Crippen LogP contribution is 2.31. The summed E-state index contributed by atoms with van der Waals surface area (Å²) in [6, 6.07) is 8.56. The zero-order chi connectivity index (χ0) is 13.1. The molecule has 0 radical (unpaired) electrons. The molecule has 1 aliphatic rings. The number of hydrogen-bond donors (Lipinski definition) is 1. The van der Waals surface area contributed by atoms with Gasteiger partial charge in [0.25, 0.3) is 0 Å². The SMILES string of the molecule is COCCCNc1c2c([nH+]c3ccccc13)CCC2. The molecule has 2 aromatic rings. The van der Waals surface area contributed by atoms with Gasteiger partial charge in [0.1, 0.15) is 0 Å². The molecule has 0 unspecified atom stereocenters. The minimum absolute atomic E-state index is 0.812. The van der Waals surface area contributed by atoms with Crippen LogP contribution in [0.2, 0.25) is 0 Å². The van der Waals surface area contributed by atoms with E-state index in [4.69, 9.17) is 4.74 Å². The summed E-state index contributed by atoms with van der Waals surface area (Å²) in [5, 5.41) is 4.93. The fraction of sp³-hybridized carbons (Fsp3) is 0.438. The number of fused-ring (bicyclic) bond motifs is 2. The van der Waals surface area contributed by atoms with Gasteiger partial charge in [-0.3, -0.25) is 0 Å². The molecular formula is C16H21N2O+. The highest BCUT2D eigenvalue weighted by Gasteiger charge is 2.23. The molecule has 0 fully saturated rings. The van der Waals surface area contributed by atoms with E-state index in [1.165, 1.54) is 47.1 Å². The molecule has 19 heavy (non-hydrogen) atoms. The van der Waals surface area contributed by atoms with Gasteiger partial charge in [0.15, 0.2) is 5.69 Å². The summed E-state index contributed by atoms with van der Waals surface area (Å²) in [7, 11) is 1.75. The number of benzene rings is 1. The Morgan fingerprint density at radius 1 is 1.26 bits per heavy atom. The number of H-pyrrole nitrogens is 1. The van der Waals surface area contributed by atoms with Crippen molar-refractivity contribution >= 4 is 16.6 Å². The lowest BCUT2D eigenvalue weighted by molar-refractivity contribution is -0.356. The van der Waals surface area contributed by atoms with E-state index in [1.807, 2.05) is 0 Å². The first kappa shape index (κ1) is 12.4. The van der Waals surface area contributed by atoms with Gasteiger partial charge in [0.05, 0.1) is 11.1 Å². The first-order chi connectivity index (χ1) is 9.40. The predicted molar refractivity (Wildman–Crippen MR) is 77.5 cm³/mol. The molecule has 1 aromatic heterocycles. The van der Waals surface area contributed by atoms with Gasteiger partial charge in [-0.25, -0.2) is 4.98 Å². The standard InChI is InChI=1S/C16H20N2O/c1-19-11-5-10-17-16-12-6-2-3-8-14(12)18-15-9-4-7-13(15)16/h2-3,6,8H,4-5,7,9-11H2,1H3,(H,17,18)/p+1. The van der Waals surface area contributed by atoms with Crippen LogP contribution in [0.3, 0.4) is 0 Å². The molecule has 0 atom stereocenters. The monoisotopic (exact) mass is 257 g/mol. The summed E-state index contributed by atoms with van der Waals surface area (Å²) in [6.07, 6.45) is 4.66. The number of hydrogen-bond acceptors (Lipinski definition) is 2. The van der Waals surface area contributed by atoms with E-state index in [0.717, 1.165) is 19.6 Å². The first-order valence-corrected chi connectivity index (χ1v) is 7.08. The van der Waals surface area contributed by atoms with Crippen LogP contribution in [-0.2, 0) is 17.6 Å². The maximum Gasteiger partial charge on any atom is 0.213 e. The average Bonchev–Trinajstić information content (AvgIpc) is 2.90. The molecule has 1 aliphatic carbocycles. The van der Waals surface area contributed by atoms with E-state index in [2.05, 4.69) is 34.6 Å². The summed E-state index contributed by atoms with van der Waals surface area (Å²) in [6.45, 7) is 1.78. The van der Waals surface area contributed by atoms with E-state index in [1.54, 1.807) is 7.11 Å². The van der Waals surface area contributed by atoms with Crippen molar-refractivity contribution < 1.29 is 9.72 Å². The second-order valence-corrected chi connectivity index (χ2v) is 5.13. The van der Waals surface area contributed by atoms with Gasteiger partial charge in [0.2, 0.25) is 5.52 Å². The molecular weight excluding hydrogens is 236 g/mol. The lowest BCUT2D eigenvalue weighted by Gasteiger charge is -2.11. The van der Waals surface area contributed by atoms with Crippen LogP contribution in [0.5, 0.6) is 0 Å². The highest BCUT2D eigenvalue weighted by atomic mass is 16.5. The predicted octanol–water partition coefficient (Wildman–Crippen LogP) is 2.59. The van der Waals surface area contributed by atoms with Crippen molar-refractivity contribution in [3.05, 3.63) is 35.5 Å². The third-order valence-electron chi connectivity index (χ3n) is 3.83. The van der Waals surface area contributed by atoms with E-state index < -0.39 is 0 Å². The van der Waals surface area contributed by atoms with Crippen LogP contribution < -0.4 is 10.3 Å². The van der Waals surface area contributed by atoms with Crippen LogP contribution in [0.1, 0.15) is 24.1 Å². The summed E-state index contributed by atoms with van der Waals surface area (Å²) < 4.78 is 5.11. The lowest BCUT2D eigenvalue weighted by atomic mass is 10.1. The summed E-state index contributed by atoms with van der Waals surface area (Å²) in [4.78, 5) is 3.58. The number of aromatic nitrogens is 1. The van der Waals surface area contributed by atoms with Crippen molar-refractivity contribution in [3.8, 4) is 0 Å². The number of methoxy groups -OCH3 is 1. The second-order valence-electron chi connectivity index (χ2n) is 5.13. The molecule has 1 aromatic carbocycles. The van der Waals surface area contributed by atoms with Crippen LogP contribution in [-0.4, -0.2) is 20.3 Å². The van der Waals surface area contributed by atoms with Crippen molar-refractivity contribution in [2.75, 3.05) is 25.6 Å². The van der Waals surface area contributed by atoms with Crippen LogP contribution in [0.4, 0.5) is 5.69 Å². The minimum Gasteiger partial charge on any atom is -0.385 e. The first-order valence-electron chi connectivity index (χ1n) is 7.08. The van der Waals surface area contributed by atoms with Gasteiger partial charge >= 0.3 is 0 Å². The molecule has 0 spiro atoms. The highest BCUT2D eigenvalue weighted by molar-refractivity contribution is 5.91. The van der Waals surface area contributed by atoms with Crippen molar-refractivity contribution in [2.45, 2.75) is 25.7 Å². The molecule has 2 N–H and O–H groups in total. The largest absolute Gasteiger partial charge is 0.385 e. The Labute approximate surface area is 114 Å². The molecule has 100 valence electrons. The second kappa shape index (κ2) is 5.57. The Kier molecular flexibility index (Phi) is 3.65. The fourth-order valence-corrected chi connectivity index (χ4v) is 2.92. The summed E-state index contributed by atoms with van der Waals surface area (Å²) in [5.41, 5.74) is 5.46. The molecule has 3 nitrogen and oxygen atoms in total. The van der Waals surface area contributed by atoms with Crippen molar-refractivity contribution in [1.29, 1.82) is 0 Å². The smallest absolute Gasteiger partial charge is 0.213 e. The molecule has 3 heteroatoms.